The maximum Gasteiger partial charge on any atom is 0.328 e. The lowest BCUT2D eigenvalue weighted by Crippen LogP contribution is -2.54. The second-order valence-corrected chi connectivity index (χ2v) is 4.61. The van der Waals surface area contributed by atoms with E-state index in [-0.39, 0.29) is 6.61 Å². The summed E-state index contributed by atoms with van der Waals surface area (Å²) in [7, 11) is 0. The summed E-state index contributed by atoms with van der Waals surface area (Å²) < 4.78 is 10.5. The fourth-order valence-electron chi connectivity index (χ4n) is 1.84. The molecule has 1 aliphatic heterocycles. The predicted octanol–water partition coefficient (Wildman–Crippen LogP) is -0.398. The molecule has 0 radical (unpaired) electrons. The van der Waals surface area contributed by atoms with Crippen LogP contribution >= 0.6 is 0 Å². The van der Waals surface area contributed by atoms with Gasteiger partial charge in [-0.25, -0.2) is 4.79 Å². The first-order valence-electron chi connectivity index (χ1n) is 6.31. The fourth-order valence-corrected chi connectivity index (χ4v) is 1.84. The topological polar surface area (TPSA) is 116 Å². The molecule has 4 atom stereocenters. The van der Waals surface area contributed by atoms with Crippen LogP contribution in [0, 0.1) is 0 Å². The van der Waals surface area contributed by atoms with E-state index >= 15 is 0 Å². The first-order valence-corrected chi connectivity index (χ1v) is 6.31. The van der Waals surface area contributed by atoms with Crippen LogP contribution in [0.5, 0.6) is 5.75 Å². The van der Waals surface area contributed by atoms with Crippen molar-refractivity contribution in [2.75, 3.05) is 6.61 Å². The van der Waals surface area contributed by atoms with Crippen molar-refractivity contribution in [1.29, 1.82) is 0 Å². The highest BCUT2D eigenvalue weighted by atomic mass is 16.7. The smallest absolute Gasteiger partial charge is 0.328 e. The lowest BCUT2D eigenvalue weighted by atomic mass is 10.1. The van der Waals surface area contributed by atoms with Crippen LogP contribution in [0.4, 0.5) is 0 Å². The average molecular weight is 296 g/mol. The van der Waals surface area contributed by atoms with Crippen LogP contribution in [0.15, 0.2) is 30.3 Å². The van der Waals surface area contributed by atoms with Crippen LogP contribution < -0.4 is 4.74 Å². The summed E-state index contributed by atoms with van der Waals surface area (Å²) >= 11 is 0. The van der Waals surface area contributed by atoms with Gasteiger partial charge in [-0.1, -0.05) is 12.1 Å². The van der Waals surface area contributed by atoms with Crippen LogP contribution in [0.2, 0.25) is 0 Å². The highest BCUT2D eigenvalue weighted by Gasteiger charge is 2.38. The summed E-state index contributed by atoms with van der Waals surface area (Å²) in [5, 5.41) is 37.1. The van der Waals surface area contributed by atoms with Crippen LogP contribution in [0.1, 0.15) is 5.56 Å². The van der Waals surface area contributed by atoms with E-state index in [0.717, 1.165) is 6.08 Å². The van der Waals surface area contributed by atoms with Gasteiger partial charge < -0.3 is 29.9 Å². The minimum absolute atomic E-state index is 0.137. The number of rotatable bonds is 4. The molecule has 1 fully saturated rings. The van der Waals surface area contributed by atoms with Crippen molar-refractivity contribution in [2.45, 2.75) is 24.6 Å². The summed E-state index contributed by atoms with van der Waals surface area (Å²) in [6.45, 7) is -0.137. The molecule has 21 heavy (non-hydrogen) atoms. The van der Waals surface area contributed by atoms with E-state index in [1.165, 1.54) is 6.08 Å². The number of aliphatic hydroxyl groups excluding tert-OH is 3. The number of aliphatic hydroxyl groups is 3. The van der Waals surface area contributed by atoms with Gasteiger partial charge in [0.15, 0.2) is 0 Å². The van der Waals surface area contributed by atoms with Crippen LogP contribution in [-0.4, -0.2) is 57.6 Å². The molecule has 7 heteroatoms. The monoisotopic (exact) mass is 296 g/mol. The second-order valence-electron chi connectivity index (χ2n) is 4.61. The van der Waals surface area contributed by atoms with Gasteiger partial charge in [0.25, 0.3) is 0 Å². The Bertz CT molecular complexity index is 511. The van der Waals surface area contributed by atoms with Gasteiger partial charge in [0.05, 0.1) is 6.61 Å². The first-order chi connectivity index (χ1) is 9.97. The zero-order chi connectivity index (χ0) is 15.4. The Balaban J connectivity index is 1.99. The minimum atomic E-state index is -1.36. The average Bonchev–Trinajstić information content (AvgIpc) is 2.47. The van der Waals surface area contributed by atoms with E-state index in [1.54, 1.807) is 24.3 Å². The van der Waals surface area contributed by atoms with E-state index in [2.05, 4.69) is 0 Å². The Morgan fingerprint density at radius 1 is 1.19 bits per heavy atom. The lowest BCUT2D eigenvalue weighted by Gasteiger charge is -2.34. The van der Waals surface area contributed by atoms with Crippen molar-refractivity contribution < 1.29 is 34.7 Å². The zero-order valence-corrected chi connectivity index (χ0v) is 11.0. The molecule has 0 aliphatic carbocycles. The third-order valence-corrected chi connectivity index (χ3v) is 3.00. The molecule has 0 saturated carbocycles. The molecule has 4 N–H and O–H groups in total. The number of aliphatic carboxylic acids is 1. The van der Waals surface area contributed by atoms with Crippen LogP contribution in [0.25, 0.3) is 6.08 Å². The van der Waals surface area contributed by atoms with Gasteiger partial charge in [-0.3, -0.25) is 0 Å². The van der Waals surface area contributed by atoms with Gasteiger partial charge in [0, 0.05) is 6.08 Å². The molecule has 7 nitrogen and oxygen atoms in total. The Hall–Kier alpha value is -1.93. The normalized spacial score (nSPS) is 29.5. The number of ether oxygens (including phenoxy) is 2. The molecule has 1 aromatic carbocycles. The maximum absolute atomic E-state index is 10.4. The molecule has 1 unspecified atom stereocenters. The highest BCUT2D eigenvalue weighted by molar-refractivity contribution is 5.85. The largest absolute Gasteiger partial charge is 0.478 e. The summed E-state index contributed by atoms with van der Waals surface area (Å²) in [5.41, 5.74) is 0.672. The standard InChI is InChI=1S/C14H16O7/c15-10-7-20-14(13(19)12(10)18)21-9-4-1-8(2-5-9)3-6-11(16)17/h1-6,10,12-15,18-19H,7H2,(H,16,17)/b6-3+/t10-,12+,13-,14?/m1/s1. The van der Waals surface area contributed by atoms with Crippen LogP contribution in [0.3, 0.4) is 0 Å². The van der Waals surface area contributed by atoms with E-state index in [0.29, 0.717) is 11.3 Å². The third kappa shape index (κ3) is 4.02. The molecular formula is C14H16O7. The van der Waals surface area contributed by atoms with Gasteiger partial charge in [0.1, 0.15) is 24.1 Å². The second kappa shape index (κ2) is 6.68. The fraction of sp³-hybridized carbons (Fsp3) is 0.357. The predicted molar refractivity (Wildman–Crippen MR) is 71.5 cm³/mol. The van der Waals surface area contributed by atoms with Gasteiger partial charge in [-0.05, 0) is 23.8 Å². The number of carboxylic acids is 1. The maximum atomic E-state index is 10.4. The molecule has 0 aromatic heterocycles. The third-order valence-electron chi connectivity index (χ3n) is 3.00. The van der Waals surface area contributed by atoms with Crippen molar-refractivity contribution in [1.82, 2.24) is 0 Å². The van der Waals surface area contributed by atoms with Gasteiger partial charge in [0.2, 0.25) is 6.29 Å². The van der Waals surface area contributed by atoms with Gasteiger partial charge >= 0.3 is 5.97 Å². The number of carbonyl (C=O) groups is 1. The SMILES string of the molecule is O=C(O)/C=C/c1ccc(OC2OC[C@@H](O)[C@H](O)[C@H]2O)cc1. The molecule has 2 rings (SSSR count). The molecule has 1 heterocycles. The van der Waals surface area contributed by atoms with Crippen molar-refractivity contribution >= 4 is 12.0 Å². The van der Waals surface area contributed by atoms with E-state index in [4.69, 9.17) is 14.6 Å². The van der Waals surface area contributed by atoms with Gasteiger partial charge in [-0.15, -0.1) is 0 Å². The summed E-state index contributed by atoms with van der Waals surface area (Å²) in [5.74, 6) is -0.656. The van der Waals surface area contributed by atoms with Crippen molar-refractivity contribution in [2.24, 2.45) is 0 Å². The highest BCUT2D eigenvalue weighted by Crippen LogP contribution is 2.21. The number of benzene rings is 1. The molecule has 0 bridgehead atoms. The molecule has 1 aliphatic rings. The van der Waals surface area contributed by atoms with Crippen molar-refractivity contribution in [3.05, 3.63) is 35.9 Å². The van der Waals surface area contributed by atoms with Gasteiger partial charge in [-0.2, -0.15) is 0 Å². The Morgan fingerprint density at radius 3 is 2.48 bits per heavy atom. The molecule has 1 saturated heterocycles. The first kappa shape index (κ1) is 15.5. The Kier molecular flexibility index (Phi) is 4.92. The Morgan fingerprint density at radius 2 is 1.86 bits per heavy atom. The van der Waals surface area contributed by atoms with E-state index in [1.807, 2.05) is 0 Å². The van der Waals surface area contributed by atoms with Crippen molar-refractivity contribution in [3.8, 4) is 5.75 Å². The van der Waals surface area contributed by atoms with E-state index < -0.39 is 30.6 Å². The summed E-state index contributed by atoms with van der Waals surface area (Å²) in [4.78, 5) is 10.4. The Labute approximate surface area is 120 Å². The lowest BCUT2D eigenvalue weighted by molar-refractivity contribution is -0.242. The van der Waals surface area contributed by atoms with Crippen molar-refractivity contribution in [3.63, 3.8) is 0 Å². The molecule has 1 aromatic rings. The molecule has 0 spiro atoms. The molecular weight excluding hydrogens is 280 g/mol. The van der Waals surface area contributed by atoms with Crippen LogP contribution in [-0.2, 0) is 9.53 Å². The summed E-state index contributed by atoms with van der Waals surface area (Å²) in [6.07, 6.45) is -2.48. The molecule has 0 amide bonds. The number of hydrogen-bond donors (Lipinski definition) is 4. The quantitative estimate of drug-likeness (QED) is 0.559. The zero-order valence-electron chi connectivity index (χ0n) is 11.0. The summed E-state index contributed by atoms with van der Waals surface area (Å²) in [6, 6.07) is 6.43. The molecule has 114 valence electrons. The number of hydrogen-bond acceptors (Lipinski definition) is 6. The minimum Gasteiger partial charge on any atom is -0.478 e. The van der Waals surface area contributed by atoms with E-state index in [9.17, 15) is 20.1 Å². The number of carboxylic acid groups (broad SMARTS) is 1.